The predicted octanol–water partition coefficient (Wildman–Crippen LogP) is 4.43. The number of nitrogens with zero attached hydrogens (tertiary/aromatic N) is 2. The van der Waals surface area contributed by atoms with Gasteiger partial charge in [-0.25, -0.2) is 0 Å². The molecule has 3 rings (SSSR count). The van der Waals surface area contributed by atoms with E-state index in [9.17, 15) is 0 Å². The van der Waals surface area contributed by atoms with Crippen molar-refractivity contribution in [3.63, 3.8) is 0 Å². The fourth-order valence-electron chi connectivity index (χ4n) is 1.79. The first kappa shape index (κ1) is 12.4. The number of alkyl halides is 1. The van der Waals surface area contributed by atoms with E-state index in [1.165, 1.54) is 0 Å². The van der Waals surface area contributed by atoms with Crippen LogP contribution in [-0.2, 0) is 0 Å². The first-order valence-corrected chi connectivity index (χ1v) is 7.14. The van der Waals surface area contributed by atoms with Gasteiger partial charge in [-0.3, -0.25) is 0 Å². The summed E-state index contributed by atoms with van der Waals surface area (Å²) in [6, 6.07) is 11.7. The highest BCUT2D eigenvalue weighted by Crippen LogP contribution is 2.32. The molecule has 19 heavy (non-hydrogen) atoms. The molecule has 2 heterocycles. The topological polar surface area (TPSA) is 38.9 Å². The summed E-state index contributed by atoms with van der Waals surface area (Å²) < 4.78 is 5.68. The number of halogens is 1. The number of aromatic nitrogens is 2. The average Bonchev–Trinajstić information content (AvgIpc) is 3.07. The molecular formula is C14H11ClN2OS. The molecule has 0 N–H and O–H groups in total. The number of thiophene rings is 1. The van der Waals surface area contributed by atoms with Crippen molar-refractivity contribution in [3.8, 4) is 10.8 Å². The maximum atomic E-state index is 6.35. The Morgan fingerprint density at radius 2 is 1.95 bits per heavy atom. The van der Waals surface area contributed by atoms with Gasteiger partial charge in [0.1, 0.15) is 5.38 Å². The van der Waals surface area contributed by atoms with Gasteiger partial charge in [-0.15, -0.1) is 33.1 Å². The zero-order chi connectivity index (χ0) is 13.2. The minimum Gasteiger partial charge on any atom is -0.418 e. The lowest BCUT2D eigenvalue weighted by molar-refractivity contribution is 0.514. The Labute approximate surface area is 119 Å². The quantitative estimate of drug-likeness (QED) is 0.670. The largest absolute Gasteiger partial charge is 0.418 e. The average molecular weight is 291 g/mol. The van der Waals surface area contributed by atoms with Crippen LogP contribution < -0.4 is 0 Å². The highest BCUT2D eigenvalue weighted by atomic mass is 35.5. The van der Waals surface area contributed by atoms with Crippen LogP contribution in [0.1, 0.15) is 22.4 Å². The second kappa shape index (κ2) is 5.15. The van der Waals surface area contributed by atoms with Gasteiger partial charge in [0.05, 0.1) is 4.88 Å². The summed E-state index contributed by atoms with van der Waals surface area (Å²) in [5.74, 6) is 0.958. The van der Waals surface area contributed by atoms with E-state index in [2.05, 4.69) is 10.2 Å². The molecule has 3 nitrogen and oxygen atoms in total. The summed E-state index contributed by atoms with van der Waals surface area (Å²) >= 11 is 7.94. The van der Waals surface area contributed by atoms with E-state index in [0.29, 0.717) is 11.8 Å². The molecule has 5 heteroatoms. The van der Waals surface area contributed by atoms with Crippen molar-refractivity contribution in [2.45, 2.75) is 12.3 Å². The molecule has 0 aliphatic carbocycles. The molecule has 0 aliphatic rings. The zero-order valence-electron chi connectivity index (χ0n) is 10.2. The van der Waals surface area contributed by atoms with E-state index < -0.39 is 5.38 Å². The second-order valence-electron chi connectivity index (χ2n) is 4.15. The lowest BCUT2D eigenvalue weighted by atomic mass is 10.1. The van der Waals surface area contributed by atoms with Gasteiger partial charge >= 0.3 is 0 Å². The summed E-state index contributed by atoms with van der Waals surface area (Å²) in [7, 11) is 0. The normalized spacial score (nSPS) is 12.5. The van der Waals surface area contributed by atoms with Crippen molar-refractivity contribution >= 4 is 22.9 Å². The molecule has 2 aromatic heterocycles. The first-order chi connectivity index (χ1) is 9.25. The number of benzene rings is 1. The minimum atomic E-state index is -0.414. The molecule has 0 radical (unpaired) electrons. The van der Waals surface area contributed by atoms with Gasteiger partial charge in [0.2, 0.25) is 5.89 Å². The van der Waals surface area contributed by atoms with Gasteiger partial charge in [-0.05, 0) is 29.5 Å². The molecule has 0 amide bonds. The smallest absolute Gasteiger partial charge is 0.258 e. The van der Waals surface area contributed by atoms with Crippen molar-refractivity contribution in [2.24, 2.45) is 0 Å². The van der Waals surface area contributed by atoms with Crippen LogP contribution in [0.15, 0.2) is 46.2 Å². The molecule has 3 aromatic rings. The number of rotatable bonds is 3. The van der Waals surface area contributed by atoms with Crippen molar-refractivity contribution < 1.29 is 4.42 Å². The van der Waals surface area contributed by atoms with E-state index >= 15 is 0 Å². The summed E-state index contributed by atoms with van der Waals surface area (Å²) in [5.41, 5.74) is 2.08. The first-order valence-electron chi connectivity index (χ1n) is 5.82. The Balaban J connectivity index is 1.92. The molecule has 0 aliphatic heterocycles. The fourth-order valence-corrected chi connectivity index (χ4v) is 2.86. The zero-order valence-corrected chi connectivity index (χ0v) is 11.8. The van der Waals surface area contributed by atoms with Gasteiger partial charge in [-0.1, -0.05) is 30.3 Å². The minimum absolute atomic E-state index is 0.414. The molecule has 0 saturated heterocycles. The fraction of sp³-hybridized carbons (Fsp3) is 0.143. The van der Waals surface area contributed by atoms with Crippen molar-refractivity contribution in [3.05, 3.63) is 58.8 Å². The van der Waals surface area contributed by atoms with E-state index in [0.717, 1.165) is 16.0 Å². The van der Waals surface area contributed by atoms with Gasteiger partial charge in [0.15, 0.2) is 0 Å². The molecule has 96 valence electrons. The highest BCUT2D eigenvalue weighted by Gasteiger charge is 2.19. The molecule has 0 saturated carbocycles. The molecule has 1 aromatic carbocycles. The number of aryl methyl sites for hydroxylation is 1. The molecule has 1 atom stereocenters. The third kappa shape index (κ3) is 2.41. The van der Waals surface area contributed by atoms with Crippen LogP contribution in [0.25, 0.3) is 10.8 Å². The van der Waals surface area contributed by atoms with E-state index in [1.807, 2.05) is 48.7 Å². The van der Waals surface area contributed by atoms with Crippen molar-refractivity contribution in [2.75, 3.05) is 0 Å². The monoisotopic (exact) mass is 290 g/mol. The van der Waals surface area contributed by atoms with Crippen molar-refractivity contribution in [1.82, 2.24) is 10.2 Å². The highest BCUT2D eigenvalue weighted by molar-refractivity contribution is 7.13. The molecular weight excluding hydrogens is 280 g/mol. The standard InChI is InChI=1S/C14H11ClN2OS/c1-9-7-8-19-12(9)14-17-16-13(18-14)11(15)10-5-3-2-4-6-10/h2-8,11H,1H3. The lowest BCUT2D eigenvalue weighted by Crippen LogP contribution is -1.92. The predicted molar refractivity (Wildman–Crippen MR) is 76.5 cm³/mol. The third-order valence-electron chi connectivity index (χ3n) is 2.81. The number of hydrogen-bond acceptors (Lipinski definition) is 4. The van der Waals surface area contributed by atoms with Crippen LogP contribution in [0.5, 0.6) is 0 Å². The van der Waals surface area contributed by atoms with Crippen LogP contribution in [0.4, 0.5) is 0 Å². The Kier molecular flexibility index (Phi) is 3.36. The van der Waals surface area contributed by atoms with Gasteiger partial charge < -0.3 is 4.42 Å². The third-order valence-corrected chi connectivity index (χ3v) is 4.25. The van der Waals surface area contributed by atoms with E-state index in [4.69, 9.17) is 16.0 Å². The Morgan fingerprint density at radius 3 is 2.63 bits per heavy atom. The SMILES string of the molecule is Cc1ccsc1-c1nnc(C(Cl)c2ccccc2)o1. The summed E-state index contributed by atoms with van der Waals surface area (Å²) in [4.78, 5) is 0.996. The molecule has 0 bridgehead atoms. The van der Waals surface area contributed by atoms with Crippen LogP contribution in [0.3, 0.4) is 0 Å². The Hall–Kier alpha value is -1.65. The number of hydrogen-bond donors (Lipinski definition) is 0. The second-order valence-corrected chi connectivity index (χ2v) is 5.50. The molecule has 1 unspecified atom stereocenters. The maximum Gasteiger partial charge on any atom is 0.258 e. The lowest BCUT2D eigenvalue weighted by Gasteiger charge is -2.03. The van der Waals surface area contributed by atoms with Crippen molar-refractivity contribution in [1.29, 1.82) is 0 Å². The Bertz CT molecular complexity index is 678. The van der Waals surface area contributed by atoms with Gasteiger partial charge in [-0.2, -0.15) is 0 Å². The van der Waals surface area contributed by atoms with Gasteiger partial charge in [0.25, 0.3) is 5.89 Å². The molecule has 0 fully saturated rings. The maximum absolute atomic E-state index is 6.35. The Morgan fingerprint density at radius 1 is 1.16 bits per heavy atom. The summed E-state index contributed by atoms with van der Waals surface area (Å²) in [6.45, 7) is 2.02. The summed E-state index contributed by atoms with van der Waals surface area (Å²) in [5, 5.41) is 9.71. The van der Waals surface area contributed by atoms with Crippen LogP contribution in [0.2, 0.25) is 0 Å². The van der Waals surface area contributed by atoms with Crippen LogP contribution in [-0.4, -0.2) is 10.2 Å². The molecule has 0 spiro atoms. The van der Waals surface area contributed by atoms with E-state index in [1.54, 1.807) is 11.3 Å². The van der Waals surface area contributed by atoms with Crippen LogP contribution >= 0.6 is 22.9 Å². The van der Waals surface area contributed by atoms with Crippen LogP contribution in [0, 0.1) is 6.92 Å². The van der Waals surface area contributed by atoms with E-state index in [-0.39, 0.29) is 0 Å². The summed E-state index contributed by atoms with van der Waals surface area (Å²) in [6.07, 6.45) is 0. The van der Waals surface area contributed by atoms with Gasteiger partial charge in [0, 0.05) is 0 Å².